The van der Waals surface area contributed by atoms with Gasteiger partial charge in [-0.2, -0.15) is 0 Å². The Morgan fingerprint density at radius 3 is 2.67 bits per heavy atom. The lowest BCUT2D eigenvalue weighted by Crippen LogP contribution is -2.14. The fraction of sp³-hybridized carbons (Fsp3) is 0. The molecule has 2 aromatic rings. The molecule has 0 saturated carbocycles. The van der Waals surface area contributed by atoms with Gasteiger partial charge in [0.2, 0.25) is 0 Å². The van der Waals surface area contributed by atoms with E-state index >= 15 is 0 Å². The second kappa shape index (κ2) is 5.90. The number of benzene rings is 1. The predicted octanol–water partition coefficient (Wildman–Crippen LogP) is 3.26. The van der Waals surface area contributed by atoms with Crippen molar-refractivity contribution in [1.82, 2.24) is 0 Å². The number of carbonyl (C=O) groups is 2. The molecule has 0 radical (unpaired) electrons. The van der Waals surface area contributed by atoms with Crippen LogP contribution in [0.25, 0.3) is 0 Å². The van der Waals surface area contributed by atoms with Crippen LogP contribution in [0.1, 0.15) is 20.7 Å². The predicted molar refractivity (Wildman–Crippen MR) is 77.3 cm³/mol. The number of nitrogens with zero attached hydrogens (tertiary/aromatic N) is 1. The van der Waals surface area contributed by atoms with E-state index in [-0.39, 0.29) is 26.8 Å². The highest BCUT2D eigenvalue weighted by Crippen LogP contribution is 2.28. The van der Waals surface area contributed by atoms with Gasteiger partial charge in [0, 0.05) is 11.4 Å². The zero-order chi connectivity index (χ0) is 15.6. The molecule has 1 aromatic carbocycles. The number of carboxylic acid groups (broad SMARTS) is 1. The first-order valence-electron chi connectivity index (χ1n) is 5.46. The number of carbonyl (C=O) groups excluding carboxylic acids is 1. The molecule has 0 aliphatic carbocycles. The maximum Gasteiger partial charge on any atom is 0.337 e. The normalized spacial score (nSPS) is 10.1. The highest BCUT2D eigenvalue weighted by molar-refractivity contribution is 7.13. The van der Waals surface area contributed by atoms with Crippen LogP contribution in [-0.4, -0.2) is 21.9 Å². The third-order valence-corrected chi connectivity index (χ3v) is 3.71. The first kappa shape index (κ1) is 14.9. The molecular formula is C12H7ClN2O5S. The van der Waals surface area contributed by atoms with Gasteiger partial charge in [-0.1, -0.05) is 29.0 Å². The van der Waals surface area contributed by atoms with Gasteiger partial charge in [0.1, 0.15) is 0 Å². The quantitative estimate of drug-likeness (QED) is 0.662. The smallest absolute Gasteiger partial charge is 0.337 e. The molecule has 0 unspecified atom stereocenters. The number of amides is 1. The topological polar surface area (TPSA) is 110 Å². The van der Waals surface area contributed by atoms with Crippen LogP contribution in [0.3, 0.4) is 0 Å². The summed E-state index contributed by atoms with van der Waals surface area (Å²) in [5, 5.41) is 23.2. The number of para-hydroxylation sites is 1. The number of nitro groups is 1. The van der Waals surface area contributed by atoms with E-state index in [0.29, 0.717) is 0 Å². The third kappa shape index (κ3) is 3.18. The van der Waals surface area contributed by atoms with Crippen LogP contribution in [0.4, 0.5) is 10.7 Å². The summed E-state index contributed by atoms with van der Waals surface area (Å²) in [4.78, 5) is 33.1. The molecule has 0 bridgehead atoms. The molecule has 108 valence electrons. The van der Waals surface area contributed by atoms with E-state index in [2.05, 4.69) is 5.32 Å². The van der Waals surface area contributed by atoms with Gasteiger partial charge in [0.25, 0.3) is 5.91 Å². The van der Waals surface area contributed by atoms with Gasteiger partial charge in [-0.05, 0) is 12.1 Å². The van der Waals surface area contributed by atoms with Crippen molar-refractivity contribution in [1.29, 1.82) is 0 Å². The minimum Gasteiger partial charge on any atom is -0.478 e. The molecule has 9 heteroatoms. The van der Waals surface area contributed by atoms with Crippen molar-refractivity contribution in [3.63, 3.8) is 0 Å². The molecule has 0 fully saturated rings. The number of anilines is 1. The minimum absolute atomic E-state index is 0.0504. The van der Waals surface area contributed by atoms with Gasteiger partial charge in [-0.3, -0.25) is 14.9 Å². The summed E-state index contributed by atoms with van der Waals surface area (Å²) in [5.41, 5.74) is -0.158. The number of hydrogen-bond acceptors (Lipinski definition) is 5. The molecule has 0 spiro atoms. The minimum atomic E-state index is -1.25. The zero-order valence-electron chi connectivity index (χ0n) is 10.2. The van der Waals surface area contributed by atoms with E-state index in [1.54, 1.807) is 0 Å². The molecule has 0 saturated heterocycles. The summed E-state index contributed by atoms with van der Waals surface area (Å²) in [6, 6.07) is 5.27. The number of rotatable bonds is 4. The van der Waals surface area contributed by atoms with Gasteiger partial charge in [0.05, 0.1) is 26.8 Å². The Kier molecular flexibility index (Phi) is 4.20. The van der Waals surface area contributed by atoms with E-state index in [0.717, 1.165) is 17.4 Å². The number of hydrogen-bond donors (Lipinski definition) is 2. The lowest BCUT2D eigenvalue weighted by atomic mass is 10.1. The molecule has 2 rings (SSSR count). The monoisotopic (exact) mass is 326 g/mol. The van der Waals surface area contributed by atoms with Crippen molar-refractivity contribution < 1.29 is 19.6 Å². The first-order valence-corrected chi connectivity index (χ1v) is 6.72. The molecule has 2 N–H and O–H groups in total. The summed E-state index contributed by atoms with van der Waals surface area (Å²) >= 11 is 6.68. The van der Waals surface area contributed by atoms with Gasteiger partial charge in [0.15, 0.2) is 0 Å². The molecular weight excluding hydrogens is 320 g/mol. The second-order valence-corrected chi connectivity index (χ2v) is 5.15. The fourth-order valence-electron chi connectivity index (χ4n) is 1.55. The molecule has 1 amide bonds. The summed E-state index contributed by atoms with van der Waals surface area (Å²) in [5.74, 6) is -1.92. The SMILES string of the molecule is O=C(Nc1c(Cl)cccc1C(=O)O)c1csc([N+](=O)[O-])c1. The largest absolute Gasteiger partial charge is 0.478 e. The summed E-state index contributed by atoms with van der Waals surface area (Å²) in [7, 11) is 0. The van der Waals surface area contributed by atoms with Crippen LogP contribution < -0.4 is 5.32 Å². The summed E-state index contributed by atoms with van der Waals surface area (Å²) < 4.78 is 0. The van der Waals surface area contributed by atoms with Crippen LogP contribution in [0.15, 0.2) is 29.6 Å². The van der Waals surface area contributed by atoms with Crippen molar-refractivity contribution in [2.45, 2.75) is 0 Å². The zero-order valence-corrected chi connectivity index (χ0v) is 11.8. The maximum atomic E-state index is 12.0. The Balaban J connectivity index is 2.31. The summed E-state index contributed by atoms with van der Waals surface area (Å²) in [6.07, 6.45) is 0. The highest BCUT2D eigenvalue weighted by Gasteiger charge is 2.19. The Morgan fingerprint density at radius 2 is 2.10 bits per heavy atom. The van der Waals surface area contributed by atoms with Crippen molar-refractivity contribution in [3.05, 3.63) is 55.9 Å². The number of thiophene rings is 1. The standard InChI is InChI=1S/C12H7ClN2O5S/c13-8-3-1-2-7(12(17)18)10(8)14-11(16)6-4-9(15(19)20)21-5-6/h1-5H,(H,14,16)(H,17,18). The molecule has 0 aliphatic rings. The van der Waals surface area contributed by atoms with E-state index in [9.17, 15) is 19.7 Å². The van der Waals surface area contributed by atoms with Crippen LogP contribution >= 0.6 is 22.9 Å². The Bertz CT molecular complexity index is 743. The molecule has 21 heavy (non-hydrogen) atoms. The average Bonchev–Trinajstić information content (AvgIpc) is 2.90. The van der Waals surface area contributed by atoms with E-state index < -0.39 is 16.8 Å². The van der Waals surface area contributed by atoms with Gasteiger partial charge in [-0.25, -0.2) is 4.79 Å². The lowest BCUT2D eigenvalue weighted by molar-refractivity contribution is -0.380. The highest BCUT2D eigenvalue weighted by atomic mass is 35.5. The molecule has 0 aliphatic heterocycles. The number of nitrogens with one attached hydrogen (secondary N) is 1. The van der Waals surface area contributed by atoms with E-state index in [1.165, 1.54) is 23.6 Å². The van der Waals surface area contributed by atoms with Crippen LogP contribution in [-0.2, 0) is 0 Å². The molecule has 1 heterocycles. The van der Waals surface area contributed by atoms with Crippen LogP contribution in [0.2, 0.25) is 5.02 Å². The fourth-order valence-corrected chi connectivity index (χ4v) is 2.48. The second-order valence-electron chi connectivity index (χ2n) is 3.85. The Labute approximate surface area is 126 Å². The van der Waals surface area contributed by atoms with Crippen molar-refractivity contribution >= 4 is 45.5 Å². The molecule has 0 atom stereocenters. The van der Waals surface area contributed by atoms with Gasteiger partial charge in [-0.15, -0.1) is 0 Å². The Morgan fingerprint density at radius 1 is 1.38 bits per heavy atom. The van der Waals surface area contributed by atoms with Crippen molar-refractivity contribution in [2.75, 3.05) is 5.32 Å². The van der Waals surface area contributed by atoms with Crippen molar-refractivity contribution in [3.8, 4) is 0 Å². The number of carboxylic acids is 1. The number of halogens is 1. The van der Waals surface area contributed by atoms with Gasteiger partial charge >= 0.3 is 11.0 Å². The van der Waals surface area contributed by atoms with E-state index in [1.807, 2.05) is 0 Å². The van der Waals surface area contributed by atoms with Gasteiger partial charge < -0.3 is 10.4 Å². The first-order chi connectivity index (χ1) is 9.90. The molecule has 1 aromatic heterocycles. The van der Waals surface area contributed by atoms with E-state index in [4.69, 9.17) is 16.7 Å². The maximum absolute atomic E-state index is 12.0. The Hall–Kier alpha value is -2.45. The summed E-state index contributed by atoms with van der Waals surface area (Å²) in [6.45, 7) is 0. The van der Waals surface area contributed by atoms with Crippen LogP contribution in [0.5, 0.6) is 0 Å². The third-order valence-electron chi connectivity index (χ3n) is 2.51. The van der Waals surface area contributed by atoms with Crippen molar-refractivity contribution in [2.24, 2.45) is 0 Å². The average molecular weight is 327 g/mol. The van der Waals surface area contributed by atoms with Crippen LogP contribution in [0, 0.1) is 10.1 Å². The number of aromatic carboxylic acids is 1. The molecule has 7 nitrogen and oxygen atoms in total. The lowest BCUT2D eigenvalue weighted by Gasteiger charge is -2.09.